The number of sulfonamides is 1. The van der Waals surface area contributed by atoms with Gasteiger partial charge in [0, 0.05) is 0 Å². The van der Waals surface area contributed by atoms with Gasteiger partial charge in [0.15, 0.2) is 0 Å². The molecule has 138 valence electrons. The van der Waals surface area contributed by atoms with Crippen LogP contribution in [0.4, 0.5) is 5.69 Å². The van der Waals surface area contributed by atoms with E-state index in [-0.39, 0.29) is 28.3 Å². The lowest BCUT2D eigenvalue weighted by molar-refractivity contribution is 0.0524. The van der Waals surface area contributed by atoms with Gasteiger partial charge in [-0.1, -0.05) is 12.1 Å². The van der Waals surface area contributed by atoms with Crippen LogP contribution in [0.15, 0.2) is 47.4 Å². The summed E-state index contributed by atoms with van der Waals surface area (Å²) < 4.78 is 37.3. The molecule has 0 unspecified atom stereocenters. The highest BCUT2D eigenvalue weighted by atomic mass is 32.2. The predicted molar refractivity (Wildman–Crippen MR) is 95.7 cm³/mol. The van der Waals surface area contributed by atoms with E-state index in [1.165, 1.54) is 31.4 Å². The molecule has 0 bridgehead atoms. The third-order valence-electron chi connectivity index (χ3n) is 3.64. The van der Waals surface area contributed by atoms with Crippen LogP contribution in [0.5, 0.6) is 0 Å². The van der Waals surface area contributed by atoms with Crippen LogP contribution >= 0.6 is 0 Å². The molecule has 0 aliphatic carbocycles. The van der Waals surface area contributed by atoms with Crippen molar-refractivity contribution in [1.82, 2.24) is 0 Å². The van der Waals surface area contributed by atoms with Gasteiger partial charge in [0.05, 0.1) is 35.4 Å². The molecule has 0 saturated heterocycles. The Morgan fingerprint density at radius 2 is 1.77 bits per heavy atom. The maximum atomic E-state index is 12.6. The highest BCUT2D eigenvalue weighted by Crippen LogP contribution is 2.23. The van der Waals surface area contributed by atoms with E-state index in [0.29, 0.717) is 5.56 Å². The SMILES string of the molecule is CCOC(=O)c1cccc(NS(=O)(=O)c2cccc(C(=O)OC)c2)c1C. The molecular formula is C18H19NO6S. The number of hydrogen-bond donors (Lipinski definition) is 1. The largest absolute Gasteiger partial charge is 0.465 e. The van der Waals surface area contributed by atoms with Gasteiger partial charge < -0.3 is 9.47 Å². The van der Waals surface area contributed by atoms with E-state index >= 15 is 0 Å². The van der Waals surface area contributed by atoms with E-state index in [4.69, 9.17) is 4.74 Å². The highest BCUT2D eigenvalue weighted by Gasteiger charge is 2.20. The van der Waals surface area contributed by atoms with Crippen LogP contribution in [0.2, 0.25) is 0 Å². The summed E-state index contributed by atoms with van der Waals surface area (Å²) in [5.41, 5.74) is 1.08. The van der Waals surface area contributed by atoms with Gasteiger partial charge in [-0.25, -0.2) is 18.0 Å². The topological polar surface area (TPSA) is 98.8 Å². The molecular weight excluding hydrogens is 358 g/mol. The fourth-order valence-corrected chi connectivity index (χ4v) is 3.46. The average Bonchev–Trinajstić information content (AvgIpc) is 2.63. The number of anilines is 1. The number of carbonyl (C=O) groups is 2. The zero-order chi connectivity index (χ0) is 19.3. The fraction of sp³-hybridized carbons (Fsp3) is 0.222. The first kappa shape index (κ1) is 19.5. The molecule has 2 aromatic rings. The minimum atomic E-state index is -3.96. The second-order valence-electron chi connectivity index (χ2n) is 5.32. The quantitative estimate of drug-likeness (QED) is 0.777. The van der Waals surface area contributed by atoms with Crippen molar-refractivity contribution in [3.63, 3.8) is 0 Å². The van der Waals surface area contributed by atoms with Crippen LogP contribution in [0.25, 0.3) is 0 Å². The summed E-state index contributed by atoms with van der Waals surface area (Å²) in [6.45, 7) is 3.53. The van der Waals surface area contributed by atoms with Crippen LogP contribution in [-0.4, -0.2) is 34.1 Å². The monoisotopic (exact) mass is 377 g/mol. The Labute approximate surface area is 152 Å². The van der Waals surface area contributed by atoms with Gasteiger partial charge in [0.25, 0.3) is 10.0 Å². The maximum absolute atomic E-state index is 12.6. The number of rotatable bonds is 6. The molecule has 0 spiro atoms. The summed E-state index contributed by atoms with van der Waals surface area (Å²) in [7, 11) is -2.75. The van der Waals surface area contributed by atoms with Crippen molar-refractivity contribution >= 4 is 27.6 Å². The summed E-state index contributed by atoms with van der Waals surface area (Å²) in [4.78, 5) is 23.5. The molecule has 0 saturated carbocycles. The predicted octanol–water partition coefficient (Wildman–Crippen LogP) is 2.76. The van der Waals surface area contributed by atoms with Gasteiger partial charge in [0.1, 0.15) is 0 Å². The number of hydrogen-bond acceptors (Lipinski definition) is 6. The second kappa shape index (κ2) is 8.01. The van der Waals surface area contributed by atoms with E-state index in [1.807, 2.05) is 0 Å². The van der Waals surface area contributed by atoms with Gasteiger partial charge in [-0.3, -0.25) is 4.72 Å². The van der Waals surface area contributed by atoms with Gasteiger partial charge in [-0.2, -0.15) is 0 Å². The van der Waals surface area contributed by atoms with Crippen molar-refractivity contribution in [3.05, 3.63) is 59.2 Å². The van der Waals surface area contributed by atoms with Crippen molar-refractivity contribution < 1.29 is 27.5 Å². The van der Waals surface area contributed by atoms with E-state index < -0.39 is 22.0 Å². The first-order valence-electron chi connectivity index (χ1n) is 7.78. The first-order valence-corrected chi connectivity index (χ1v) is 9.26. The van der Waals surface area contributed by atoms with Crippen LogP contribution < -0.4 is 4.72 Å². The van der Waals surface area contributed by atoms with Gasteiger partial charge in [-0.05, 0) is 49.7 Å². The summed E-state index contributed by atoms with van der Waals surface area (Å²) in [5.74, 6) is -1.17. The summed E-state index contributed by atoms with van der Waals surface area (Å²) in [5, 5.41) is 0. The normalized spacial score (nSPS) is 10.9. The molecule has 0 fully saturated rings. The van der Waals surface area contributed by atoms with E-state index in [9.17, 15) is 18.0 Å². The average molecular weight is 377 g/mol. The summed E-state index contributed by atoms with van der Waals surface area (Å²) in [6, 6.07) is 10.1. The number of esters is 2. The van der Waals surface area contributed by atoms with E-state index in [2.05, 4.69) is 9.46 Å². The molecule has 1 N–H and O–H groups in total. The number of ether oxygens (including phenoxy) is 2. The third-order valence-corrected chi connectivity index (χ3v) is 5.00. The number of methoxy groups -OCH3 is 1. The van der Waals surface area contributed by atoms with E-state index in [1.54, 1.807) is 32.0 Å². The molecule has 0 aromatic heterocycles. The summed E-state index contributed by atoms with van der Waals surface area (Å²) >= 11 is 0. The Morgan fingerprint density at radius 3 is 2.42 bits per heavy atom. The van der Waals surface area contributed by atoms with Crippen molar-refractivity contribution in [3.8, 4) is 0 Å². The Morgan fingerprint density at radius 1 is 1.08 bits per heavy atom. The van der Waals surface area contributed by atoms with Crippen molar-refractivity contribution in [1.29, 1.82) is 0 Å². The lowest BCUT2D eigenvalue weighted by atomic mass is 10.1. The van der Waals surface area contributed by atoms with Crippen molar-refractivity contribution in [2.75, 3.05) is 18.4 Å². The molecule has 0 amide bonds. The van der Waals surface area contributed by atoms with Crippen LogP contribution in [0.1, 0.15) is 33.2 Å². The molecule has 0 aliphatic heterocycles. The smallest absolute Gasteiger partial charge is 0.338 e. The van der Waals surface area contributed by atoms with Crippen LogP contribution in [-0.2, 0) is 19.5 Å². The zero-order valence-corrected chi connectivity index (χ0v) is 15.4. The van der Waals surface area contributed by atoms with Gasteiger partial charge in [0.2, 0.25) is 0 Å². The third kappa shape index (κ3) is 4.20. The van der Waals surface area contributed by atoms with Gasteiger partial charge in [-0.15, -0.1) is 0 Å². The van der Waals surface area contributed by atoms with E-state index in [0.717, 1.165) is 0 Å². The lowest BCUT2D eigenvalue weighted by Crippen LogP contribution is -2.16. The molecule has 2 rings (SSSR count). The molecule has 0 atom stereocenters. The Kier molecular flexibility index (Phi) is 5.99. The Bertz CT molecular complexity index is 936. The molecule has 2 aromatic carbocycles. The molecule has 26 heavy (non-hydrogen) atoms. The second-order valence-corrected chi connectivity index (χ2v) is 7.01. The summed E-state index contributed by atoms with van der Waals surface area (Å²) in [6.07, 6.45) is 0. The Balaban J connectivity index is 2.37. The minimum absolute atomic E-state index is 0.0960. The Hall–Kier alpha value is -2.87. The zero-order valence-electron chi connectivity index (χ0n) is 14.6. The fourth-order valence-electron chi connectivity index (χ4n) is 2.29. The van der Waals surface area contributed by atoms with Crippen molar-refractivity contribution in [2.45, 2.75) is 18.7 Å². The van der Waals surface area contributed by atoms with Crippen LogP contribution in [0, 0.1) is 6.92 Å². The maximum Gasteiger partial charge on any atom is 0.338 e. The minimum Gasteiger partial charge on any atom is -0.465 e. The molecule has 0 aliphatic rings. The number of carbonyl (C=O) groups excluding carboxylic acids is 2. The first-order chi connectivity index (χ1) is 12.3. The van der Waals surface area contributed by atoms with Crippen molar-refractivity contribution in [2.24, 2.45) is 0 Å². The lowest BCUT2D eigenvalue weighted by Gasteiger charge is -2.13. The van der Waals surface area contributed by atoms with Gasteiger partial charge >= 0.3 is 11.9 Å². The molecule has 0 heterocycles. The number of nitrogens with one attached hydrogen (secondary N) is 1. The molecule has 7 nitrogen and oxygen atoms in total. The molecule has 8 heteroatoms. The van der Waals surface area contributed by atoms with Crippen LogP contribution in [0.3, 0.4) is 0 Å². The highest BCUT2D eigenvalue weighted by molar-refractivity contribution is 7.92. The number of benzene rings is 2. The molecule has 0 radical (unpaired) electrons. The standard InChI is InChI=1S/C18H19NO6S/c1-4-25-18(21)15-9-6-10-16(12(15)2)19-26(22,23)14-8-5-7-13(11-14)17(20)24-3/h5-11,19H,4H2,1-3H3.